The van der Waals surface area contributed by atoms with Crippen LogP contribution in [0.3, 0.4) is 0 Å². The summed E-state index contributed by atoms with van der Waals surface area (Å²) in [4.78, 5) is 65.2. The number of amides is 4. The Morgan fingerprint density at radius 1 is 1.03 bits per heavy atom. The zero-order valence-electron chi connectivity index (χ0n) is 34.1. The van der Waals surface area contributed by atoms with Gasteiger partial charge < -0.3 is 24.6 Å². The molecule has 2 saturated carbocycles. The molecule has 0 radical (unpaired) electrons. The van der Waals surface area contributed by atoms with Gasteiger partial charge in [-0.25, -0.2) is 13.4 Å². The summed E-state index contributed by atoms with van der Waals surface area (Å²) >= 11 is 0. The van der Waals surface area contributed by atoms with Crippen LogP contribution in [0.2, 0.25) is 0 Å². The lowest BCUT2D eigenvalue weighted by Crippen LogP contribution is -2.58. The van der Waals surface area contributed by atoms with Gasteiger partial charge in [0, 0.05) is 54.9 Å². The summed E-state index contributed by atoms with van der Waals surface area (Å²) < 4.78 is 39.7. The molecule has 2 N–H and O–H groups in total. The molecule has 3 aromatic rings. The Kier molecular flexibility index (Phi) is 11.1. The first-order valence-electron chi connectivity index (χ1n) is 20.3. The van der Waals surface area contributed by atoms with Gasteiger partial charge in [0.1, 0.15) is 29.2 Å². The van der Waals surface area contributed by atoms with Crippen molar-refractivity contribution in [2.45, 2.75) is 101 Å². The van der Waals surface area contributed by atoms with Gasteiger partial charge in [-0.3, -0.25) is 23.9 Å². The van der Waals surface area contributed by atoms with Crippen LogP contribution in [0, 0.1) is 17.3 Å². The molecule has 58 heavy (non-hydrogen) atoms. The van der Waals surface area contributed by atoms with Crippen molar-refractivity contribution in [1.29, 1.82) is 0 Å². The molecular weight excluding hydrogens is 759 g/mol. The van der Waals surface area contributed by atoms with Crippen molar-refractivity contribution < 1.29 is 37.1 Å². The first kappa shape index (κ1) is 41.2. The van der Waals surface area contributed by atoms with Crippen molar-refractivity contribution in [2.75, 3.05) is 26.7 Å². The smallest absolute Gasteiger partial charge is 0.259 e. The highest BCUT2D eigenvalue weighted by atomic mass is 32.2. The van der Waals surface area contributed by atoms with Crippen molar-refractivity contribution in [2.24, 2.45) is 17.3 Å². The number of nitrogens with zero attached hydrogens (tertiary/aromatic N) is 3. The topological polar surface area (TPSA) is 164 Å². The fraction of sp³-hybridized carbons (Fsp3) is 0.523. The van der Waals surface area contributed by atoms with Gasteiger partial charge in [-0.1, -0.05) is 57.2 Å². The van der Waals surface area contributed by atoms with Crippen LogP contribution in [-0.2, 0) is 29.2 Å². The number of nitrogens with one attached hydrogen (secondary N) is 2. The number of hydrogen-bond acceptors (Lipinski definition) is 9. The number of benzene rings is 2. The predicted octanol–water partition coefficient (Wildman–Crippen LogP) is 5.38. The Balaban J connectivity index is 1.21. The number of sulfonamides is 1. The molecule has 0 unspecified atom stereocenters. The van der Waals surface area contributed by atoms with E-state index in [0.29, 0.717) is 54.0 Å². The van der Waals surface area contributed by atoms with Crippen molar-refractivity contribution >= 4 is 44.6 Å². The van der Waals surface area contributed by atoms with E-state index in [1.54, 1.807) is 14.0 Å². The second-order valence-electron chi connectivity index (χ2n) is 17.7. The second kappa shape index (κ2) is 15.6. The summed E-state index contributed by atoms with van der Waals surface area (Å²) in [5.41, 5.74) is -0.0401. The lowest BCUT2D eigenvalue weighted by molar-refractivity contribution is -0.148. The molecule has 3 heterocycles. The summed E-state index contributed by atoms with van der Waals surface area (Å²) in [6, 6.07) is 15.9. The molecule has 4 aliphatic rings. The molecule has 5 atom stereocenters. The van der Waals surface area contributed by atoms with Crippen molar-refractivity contribution in [1.82, 2.24) is 24.8 Å². The molecule has 4 fully saturated rings. The van der Waals surface area contributed by atoms with Gasteiger partial charge in [0.25, 0.3) is 5.91 Å². The first-order chi connectivity index (χ1) is 27.5. The number of piperidine rings is 1. The number of rotatable bonds is 13. The fourth-order valence-electron chi connectivity index (χ4n) is 8.24. The molecule has 0 bridgehead atoms. The molecule has 2 aliphatic carbocycles. The monoisotopic (exact) mass is 813 g/mol. The number of pyridine rings is 1. The Morgan fingerprint density at radius 3 is 2.36 bits per heavy atom. The van der Waals surface area contributed by atoms with Gasteiger partial charge >= 0.3 is 0 Å². The van der Waals surface area contributed by atoms with E-state index in [1.807, 2.05) is 80.3 Å². The summed E-state index contributed by atoms with van der Waals surface area (Å²) in [6.45, 7) is 12.5. The Labute approximate surface area is 341 Å². The maximum Gasteiger partial charge on any atom is 0.259 e. The van der Waals surface area contributed by atoms with Crippen LogP contribution >= 0.6 is 0 Å². The minimum absolute atomic E-state index is 0.0164. The van der Waals surface area contributed by atoms with E-state index in [9.17, 15) is 27.6 Å². The van der Waals surface area contributed by atoms with E-state index in [2.05, 4.69) is 16.6 Å². The van der Waals surface area contributed by atoms with E-state index in [0.717, 1.165) is 24.8 Å². The number of fused-ring (bicyclic) bond motifs is 1. The Morgan fingerprint density at radius 2 is 1.74 bits per heavy atom. The minimum Gasteiger partial charge on any atom is -0.497 e. The Hall–Kier alpha value is -4.98. The van der Waals surface area contributed by atoms with E-state index in [-0.39, 0.29) is 37.6 Å². The fourth-order valence-corrected chi connectivity index (χ4v) is 9.55. The maximum atomic E-state index is 14.9. The van der Waals surface area contributed by atoms with Crippen LogP contribution in [0.4, 0.5) is 0 Å². The molecule has 2 saturated heterocycles. The van der Waals surface area contributed by atoms with Gasteiger partial charge in [0.2, 0.25) is 27.7 Å². The van der Waals surface area contributed by atoms with E-state index in [1.165, 1.54) is 11.0 Å². The van der Waals surface area contributed by atoms with E-state index in [4.69, 9.17) is 14.5 Å². The molecule has 1 aromatic heterocycles. The quantitative estimate of drug-likeness (QED) is 0.216. The maximum absolute atomic E-state index is 14.9. The third-order valence-corrected chi connectivity index (χ3v) is 14.7. The van der Waals surface area contributed by atoms with Gasteiger partial charge in [0.15, 0.2) is 0 Å². The van der Waals surface area contributed by atoms with Crippen molar-refractivity contribution in [3.05, 3.63) is 67.3 Å². The van der Waals surface area contributed by atoms with Gasteiger partial charge in [-0.15, -0.1) is 6.58 Å². The summed E-state index contributed by atoms with van der Waals surface area (Å²) in [7, 11) is -2.41. The van der Waals surface area contributed by atoms with Crippen LogP contribution in [0.25, 0.3) is 22.2 Å². The lowest BCUT2D eigenvalue weighted by atomic mass is 9.77. The second-order valence-corrected chi connectivity index (χ2v) is 19.9. The van der Waals surface area contributed by atoms with Gasteiger partial charge in [-0.2, -0.15) is 0 Å². The number of aromatic nitrogens is 1. The molecule has 13 nitrogen and oxygen atoms in total. The molecule has 7 rings (SSSR count). The highest BCUT2D eigenvalue weighted by Gasteiger charge is 2.63. The highest BCUT2D eigenvalue weighted by Crippen LogP contribution is 2.47. The average molecular weight is 814 g/mol. The summed E-state index contributed by atoms with van der Waals surface area (Å²) in [5.74, 6) is -2.06. The first-order valence-corrected chi connectivity index (χ1v) is 21.8. The molecule has 0 spiro atoms. The summed E-state index contributed by atoms with van der Waals surface area (Å²) in [5, 5.41) is 3.59. The number of methoxy groups -OCH3 is 1. The number of ether oxygens (including phenoxy) is 2. The number of likely N-dealkylation sites (tertiary alicyclic amines) is 2. The van der Waals surface area contributed by atoms with Crippen LogP contribution in [-0.4, -0.2) is 96.0 Å². The molecule has 310 valence electrons. The Bertz CT molecular complexity index is 2210. The molecular formula is C44H55N5O8S. The number of carbonyl (C=O) groups excluding carboxylic acids is 4. The number of hydrogen-bond donors (Lipinski definition) is 2. The third kappa shape index (κ3) is 8.17. The van der Waals surface area contributed by atoms with Gasteiger partial charge in [0.05, 0.1) is 35.5 Å². The molecule has 2 aliphatic heterocycles. The molecule has 14 heteroatoms. The largest absolute Gasteiger partial charge is 0.497 e. The normalized spacial score (nSPS) is 24.4. The lowest BCUT2D eigenvalue weighted by Gasteiger charge is -2.36. The summed E-state index contributed by atoms with van der Waals surface area (Å²) in [6.07, 6.45) is 4.82. The van der Waals surface area contributed by atoms with E-state index >= 15 is 0 Å². The number of carbonyl (C=O) groups is 4. The van der Waals surface area contributed by atoms with E-state index < -0.39 is 61.5 Å². The van der Waals surface area contributed by atoms with Crippen LogP contribution < -0.4 is 19.5 Å². The third-order valence-electron chi connectivity index (χ3n) is 12.5. The van der Waals surface area contributed by atoms with Crippen LogP contribution in [0.15, 0.2) is 67.3 Å². The molecule has 4 amide bonds. The highest BCUT2D eigenvalue weighted by molar-refractivity contribution is 7.91. The minimum atomic E-state index is -4.00. The zero-order valence-corrected chi connectivity index (χ0v) is 34.9. The van der Waals surface area contributed by atoms with Crippen molar-refractivity contribution in [3.8, 4) is 22.8 Å². The predicted molar refractivity (Wildman–Crippen MR) is 220 cm³/mol. The van der Waals surface area contributed by atoms with Crippen LogP contribution in [0.1, 0.15) is 79.1 Å². The van der Waals surface area contributed by atoms with Crippen LogP contribution in [0.5, 0.6) is 11.5 Å². The molecule has 2 aromatic carbocycles. The zero-order chi connectivity index (χ0) is 41.6. The standard InChI is InChI=1S/C44H55N5O8S/c1-7-29-26-44(29,41(53)47-58(54,55)43(5)18-19-43)46-39(51)36-23-31(27-49(36)40(52)33(42(2,3)4)24-38(50)48-20-12-9-13-21-48)57-37-25-34(28-14-10-8-11-15-28)45-35-22-30(56-6)16-17-32(35)37/h7-8,10-11,14-17,22,25,29,31,33,36H,1,9,12-13,18-21,23-24,26-27H2,2-6H3,(H,46,51)(H,47,53)/t29-,31-,33-,36+,44-/m1/s1. The average Bonchev–Trinajstić information content (AvgIpc) is 4.10. The van der Waals surface area contributed by atoms with Crippen molar-refractivity contribution in [3.63, 3.8) is 0 Å². The van der Waals surface area contributed by atoms with Gasteiger partial charge in [-0.05, 0) is 63.0 Å². The SMILES string of the molecule is C=C[C@@H]1C[C@]1(NC(=O)[C@@H]1C[C@@H](Oc2cc(-c3ccccc3)nc3cc(OC)ccc23)CN1C(=O)[C@@H](CC(=O)N1CCCCC1)C(C)(C)C)C(=O)NS(=O)(=O)C1(C)CC1.